The third-order valence-corrected chi connectivity index (χ3v) is 4.03. The zero-order valence-corrected chi connectivity index (χ0v) is 14.6. The molecule has 0 N–H and O–H groups in total. The van der Waals surface area contributed by atoms with Gasteiger partial charge in [-0.05, 0) is 43.0 Å². The van der Waals surface area contributed by atoms with E-state index in [0.29, 0.717) is 31.1 Å². The average Bonchev–Trinajstić information content (AvgIpc) is 3.34. The van der Waals surface area contributed by atoms with Crippen molar-refractivity contribution in [2.24, 2.45) is 0 Å². The molecule has 0 unspecified atom stereocenters. The van der Waals surface area contributed by atoms with Crippen molar-refractivity contribution in [2.45, 2.75) is 51.7 Å². The molecule has 5 heteroatoms. The minimum absolute atomic E-state index is 0.0127. The van der Waals surface area contributed by atoms with Crippen molar-refractivity contribution in [1.29, 1.82) is 0 Å². The van der Waals surface area contributed by atoms with Gasteiger partial charge in [-0.25, -0.2) is 0 Å². The Morgan fingerprint density at radius 2 is 2.22 bits per heavy atom. The fourth-order valence-corrected chi connectivity index (χ4v) is 2.75. The lowest BCUT2D eigenvalue weighted by molar-refractivity contribution is -0.143. The summed E-state index contributed by atoms with van der Waals surface area (Å²) in [5, 5.41) is 0.674. The quantitative estimate of drug-likeness (QED) is 0.475. The van der Waals surface area contributed by atoms with Crippen LogP contribution >= 0.6 is 11.6 Å². The van der Waals surface area contributed by atoms with Crippen LogP contribution in [-0.4, -0.2) is 31.9 Å². The smallest absolute Gasteiger partial charge is 0.306 e. The van der Waals surface area contributed by atoms with Crippen molar-refractivity contribution in [3.63, 3.8) is 0 Å². The number of benzene rings is 1. The second-order valence-electron chi connectivity index (χ2n) is 5.71. The van der Waals surface area contributed by atoms with Gasteiger partial charge in [-0.2, -0.15) is 0 Å². The number of hydrogen-bond donors (Lipinski definition) is 0. The third kappa shape index (κ3) is 6.13. The number of ether oxygens (including phenoxy) is 3. The first-order valence-corrected chi connectivity index (χ1v) is 8.69. The summed E-state index contributed by atoms with van der Waals surface area (Å²) in [6.45, 7) is 5.76. The molecular formula is C18H25ClO4. The van der Waals surface area contributed by atoms with E-state index < -0.39 is 0 Å². The average molecular weight is 341 g/mol. The van der Waals surface area contributed by atoms with Gasteiger partial charge in [0.1, 0.15) is 6.10 Å². The second-order valence-corrected chi connectivity index (χ2v) is 6.15. The van der Waals surface area contributed by atoms with E-state index in [1.54, 1.807) is 0 Å². The summed E-state index contributed by atoms with van der Waals surface area (Å²) in [6.07, 6.45) is 3.17. The number of epoxide rings is 1. The summed E-state index contributed by atoms with van der Waals surface area (Å²) in [5.74, 6) is -0.183. The number of rotatable bonds is 10. The van der Waals surface area contributed by atoms with Gasteiger partial charge in [0, 0.05) is 11.4 Å². The van der Waals surface area contributed by atoms with Crippen molar-refractivity contribution in [3.05, 3.63) is 34.3 Å². The predicted octanol–water partition coefficient (Wildman–Crippen LogP) is 4.09. The molecule has 0 spiro atoms. The topological polar surface area (TPSA) is 48.1 Å². The highest BCUT2D eigenvalue weighted by molar-refractivity contribution is 6.30. The Bertz CT molecular complexity index is 514. The van der Waals surface area contributed by atoms with Gasteiger partial charge < -0.3 is 14.2 Å². The molecule has 1 aromatic carbocycles. The van der Waals surface area contributed by atoms with Gasteiger partial charge in [0.2, 0.25) is 0 Å². The Labute approximate surface area is 143 Å². The first kappa shape index (κ1) is 18.2. The number of carbonyl (C=O) groups excluding carboxylic acids is 1. The molecule has 1 heterocycles. The van der Waals surface area contributed by atoms with Crippen LogP contribution in [0.15, 0.2) is 18.2 Å². The van der Waals surface area contributed by atoms with Crippen molar-refractivity contribution in [3.8, 4) is 0 Å². The molecular weight excluding hydrogens is 316 g/mol. The standard InChI is InChI=1S/C18H25ClO4/c1-3-5-17(23-12-15-11-22-15)16-8-7-14(19)10-13(16)6-9-18(20)21-4-2/h7-8,10,15,17H,3-6,9,11-12H2,1-2H3/t15-,17-/m1/s1. The molecule has 0 amide bonds. The highest BCUT2D eigenvalue weighted by Gasteiger charge is 2.25. The largest absolute Gasteiger partial charge is 0.466 e. The van der Waals surface area contributed by atoms with Gasteiger partial charge in [-0.15, -0.1) is 0 Å². The second kappa shape index (κ2) is 9.26. The Morgan fingerprint density at radius 1 is 1.43 bits per heavy atom. The Morgan fingerprint density at radius 3 is 2.87 bits per heavy atom. The predicted molar refractivity (Wildman–Crippen MR) is 89.7 cm³/mol. The molecule has 0 radical (unpaired) electrons. The number of aryl methyl sites for hydroxylation is 1. The van der Waals surface area contributed by atoms with E-state index >= 15 is 0 Å². The fourth-order valence-electron chi connectivity index (χ4n) is 2.55. The lowest BCUT2D eigenvalue weighted by Crippen LogP contribution is -2.12. The van der Waals surface area contributed by atoms with Gasteiger partial charge >= 0.3 is 5.97 Å². The van der Waals surface area contributed by atoms with Gasteiger partial charge in [-0.1, -0.05) is 31.0 Å². The molecule has 0 bridgehead atoms. The van der Waals surface area contributed by atoms with Crippen LogP contribution < -0.4 is 0 Å². The minimum Gasteiger partial charge on any atom is -0.466 e. The Balaban J connectivity index is 2.08. The van der Waals surface area contributed by atoms with Crippen LogP contribution in [0.25, 0.3) is 0 Å². The summed E-state index contributed by atoms with van der Waals surface area (Å²) in [6, 6.07) is 5.82. The zero-order valence-electron chi connectivity index (χ0n) is 13.8. The number of hydrogen-bond acceptors (Lipinski definition) is 4. The SMILES string of the molecule is CCC[C@@H](OC[C@H]1CO1)c1ccc(Cl)cc1CCC(=O)OCC. The van der Waals surface area contributed by atoms with Crippen LogP contribution in [0.5, 0.6) is 0 Å². The van der Waals surface area contributed by atoms with E-state index in [9.17, 15) is 4.79 Å². The summed E-state index contributed by atoms with van der Waals surface area (Å²) >= 11 is 6.14. The molecule has 2 rings (SSSR count). The summed E-state index contributed by atoms with van der Waals surface area (Å²) in [4.78, 5) is 11.6. The van der Waals surface area contributed by atoms with Crippen molar-refractivity contribution in [2.75, 3.05) is 19.8 Å². The first-order chi connectivity index (χ1) is 11.1. The fraction of sp³-hybridized carbons (Fsp3) is 0.611. The van der Waals surface area contributed by atoms with E-state index in [1.165, 1.54) is 0 Å². The van der Waals surface area contributed by atoms with Crippen LogP contribution in [0.2, 0.25) is 5.02 Å². The van der Waals surface area contributed by atoms with Crippen LogP contribution in [0, 0.1) is 0 Å². The normalized spacial score (nSPS) is 17.8. The van der Waals surface area contributed by atoms with E-state index in [0.717, 1.165) is 30.6 Å². The molecule has 0 aliphatic carbocycles. The van der Waals surface area contributed by atoms with Gasteiger partial charge in [-0.3, -0.25) is 4.79 Å². The highest BCUT2D eigenvalue weighted by Crippen LogP contribution is 2.30. The molecule has 1 aliphatic heterocycles. The highest BCUT2D eigenvalue weighted by atomic mass is 35.5. The molecule has 23 heavy (non-hydrogen) atoms. The maximum atomic E-state index is 11.6. The molecule has 1 saturated heterocycles. The number of halogens is 1. The molecule has 4 nitrogen and oxygen atoms in total. The summed E-state index contributed by atoms with van der Waals surface area (Å²) in [5.41, 5.74) is 2.17. The van der Waals surface area contributed by atoms with Crippen molar-refractivity contribution in [1.82, 2.24) is 0 Å². The van der Waals surface area contributed by atoms with Crippen molar-refractivity contribution >= 4 is 17.6 Å². The van der Waals surface area contributed by atoms with Crippen LogP contribution in [0.1, 0.15) is 50.3 Å². The van der Waals surface area contributed by atoms with E-state index in [1.807, 2.05) is 25.1 Å². The van der Waals surface area contributed by atoms with Crippen LogP contribution in [0.3, 0.4) is 0 Å². The zero-order chi connectivity index (χ0) is 16.7. The maximum absolute atomic E-state index is 11.6. The number of carbonyl (C=O) groups is 1. The van der Waals surface area contributed by atoms with E-state index in [4.69, 9.17) is 25.8 Å². The maximum Gasteiger partial charge on any atom is 0.306 e. The minimum atomic E-state index is -0.183. The molecule has 1 fully saturated rings. The first-order valence-electron chi connectivity index (χ1n) is 8.31. The molecule has 128 valence electrons. The molecule has 2 atom stereocenters. The van der Waals surface area contributed by atoms with Gasteiger partial charge in [0.25, 0.3) is 0 Å². The number of esters is 1. The lowest BCUT2D eigenvalue weighted by Gasteiger charge is -2.21. The Hall–Kier alpha value is -1.10. The van der Waals surface area contributed by atoms with Crippen LogP contribution in [0.4, 0.5) is 0 Å². The molecule has 1 aromatic rings. The summed E-state index contributed by atoms with van der Waals surface area (Å²) < 4.78 is 16.3. The monoisotopic (exact) mass is 340 g/mol. The van der Waals surface area contributed by atoms with Gasteiger partial charge in [0.15, 0.2) is 0 Å². The summed E-state index contributed by atoms with van der Waals surface area (Å²) in [7, 11) is 0. The third-order valence-electron chi connectivity index (χ3n) is 3.79. The Kier molecular flexibility index (Phi) is 7.34. The van der Waals surface area contributed by atoms with E-state index in [2.05, 4.69) is 6.92 Å². The van der Waals surface area contributed by atoms with E-state index in [-0.39, 0.29) is 18.2 Å². The lowest BCUT2D eigenvalue weighted by atomic mass is 9.96. The molecule has 1 aliphatic rings. The van der Waals surface area contributed by atoms with Crippen LogP contribution in [-0.2, 0) is 25.4 Å². The molecule has 0 saturated carbocycles. The van der Waals surface area contributed by atoms with Gasteiger partial charge in [0.05, 0.1) is 25.9 Å². The van der Waals surface area contributed by atoms with Crippen molar-refractivity contribution < 1.29 is 19.0 Å². The molecule has 0 aromatic heterocycles.